The number of rotatable bonds is 4. The minimum Gasteiger partial charge on any atom is -0.477 e. The van der Waals surface area contributed by atoms with Gasteiger partial charge in [-0.25, -0.2) is 4.79 Å². The highest BCUT2D eigenvalue weighted by atomic mass is 16.5. The summed E-state index contributed by atoms with van der Waals surface area (Å²) in [6.07, 6.45) is 3.37. The Kier molecular flexibility index (Phi) is 3.90. The fourth-order valence-electron chi connectivity index (χ4n) is 2.31. The van der Waals surface area contributed by atoms with Crippen molar-refractivity contribution in [1.29, 1.82) is 0 Å². The average Bonchev–Trinajstić information content (AvgIpc) is 2.77. The smallest absolute Gasteiger partial charge is 0.352 e. The second-order valence-corrected chi connectivity index (χ2v) is 5.09. The number of carbonyl (C=O) groups is 2. The van der Waals surface area contributed by atoms with Gasteiger partial charge in [0.25, 0.3) is 0 Å². The third-order valence-electron chi connectivity index (χ3n) is 3.24. The van der Waals surface area contributed by atoms with Crippen molar-refractivity contribution in [1.82, 2.24) is 9.88 Å². The highest BCUT2D eigenvalue weighted by Crippen LogP contribution is 2.18. The van der Waals surface area contributed by atoms with E-state index < -0.39 is 5.97 Å². The zero-order valence-corrected chi connectivity index (χ0v) is 10.9. The first-order valence-electron chi connectivity index (χ1n) is 6.27. The van der Waals surface area contributed by atoms with Crippen LogP contribution in [0.25, 0.3) is 0 Å². The number of hydrogen-bond acceptors (Lipinski definition) is 3. The molecule has 19 heavy (non-hydrogen) atoms. The second kappa shape index (κ2) is 5.44. The molecule has 2 N–H and O–H groups in total. The molecule has 0 aromatic carbocycles. The van der Waals surface area contributed by atoms with Gasteiger partial charge < -0.3 is 19.7 Å². The molecule has 1 aliphatic rings. The maximum Gasteiger partial charge on any atom is 0.352 e. The van der Waals surface area contributed by atoms with Gasteiger partial charge in [0.05, 0.1) is 12.1 Å². The fraction of sp³-hybridized carbons (Fsp3) is 0.538. The molecule has 1 amide bonds. The van der Waals surface area contributed by atoms with Crippen molar-refractivity contribution in [3.05, 3.63) is 24.0 Å². The molecule has 1 saturated heterocycles. The van der Waals surface area contributed by atoms with Crippen molar-refractivity contribution >= 4 is 11.9 Å². The third-order valence-corrected chi connectivity index (χ3v) is 3.24. The van der Waals surface area contributed by atoms with Crippen LogP contribution < -0.4 is 5.32 Å². The molecule has 1 fully saturated rings. The van der Waals surface area contributed by atoms with E-state index >= 15 is 0 Å². The van der Waals surface area contributed by atoms with Crippen LogP contribution in [0.5, 0.6) is 0 Å². The van der Waals surface area contributed by atoms with Gasteiger partial charge in [-0.3, -0.25) is 4.79 Å². The molecule has 0 bridgehead atoms. The van der Waals surface area contributed by atoms with E-state index in [0.717, 1.165) is 19.4 Å². The number of ether oxygens (including phenoxy) is 1. The summed E-state index contributed by atoms with van der Waals surface area (Å²) < 4.78 is 6.79. The van der Waals surface area contributed by atoms with E-state index in [0.29, 0.717) is 6.61 Å². The summed E-state index contributed by atoms with van der Waals surface area (Å²) in [5.74, 6) is -1.24. The molecule has 1 unspecified atom stereocenters. The molecular formula is C13H18N2O4. The predicted octanol–water partition coefficient (Wildman–Crippen LogP) is 0.872. The number of nitrogens with one attached hydrogen (secondary N) is 1. The highest BCUT2D eigenvalue weighted by molar-refractivity contribution is 5.87. The van der Waals surface area contributed by atoms with Crippen LogP contribution in [0.1, 0.15) is 30.3 Å². The Labute approximate surface area is 111 Å². The third kappa shape index (κ3) is 3.35. The monoisotopic (exact) mass is 266 g/mol. The van der Waals surface area contributed by atoms with Crippen molar-refractivity contribution in [2.75, 3.05) is 13.2 Å². The second-order valence-electron chi connectivity index (χ2n) is 5.09. The van der Waals surface area contributed by atoms with Crippen LogP contribution in [0.3, 0.4) is 0 Å². The molecule has 0 aliphatic carbocycles. The first-order valence-corrected chi connectivity index (χ1v) is 6.27. The van der Waals surface area contributed by atoms with E-state index in [1.165, 1.54) is 10.6 Å². The van der Waals surface area contributed by atoms with E-state index in [-0.39, 0.29) is 23.7 Å². The first kappa shape index (κ1) is 13.6. The minimum atomic E-state index is -1.04. The molecule has 0 spiro atoms. The molecule has 0 radical (unpaired) electrons. The number of carboxylic acids is 1. The quantitative estimate of drug-likeness (QED) is 0.847. The van der Waals surface area contributed by atoms with Crippen LogP contribution in [0.2, 0.25) is 0 Å². The van der Waals surface area contributed by atoms with Crippen LogP contribution in [-0.4, -0.2) is 40.3 Å². The van der Waals surface area contributed by atoms with Gasteiger partial charge in [0, 0.05) is 12.8 Å². The topological polar surface area (TPSA) is 80.6 Å². The van der Waals surface area contributed by atoms with E-state index in [1.807, 2.05) is 6.92 Å². The lowest BCUT2D eigenvalue weighted by Gasteiger charge is -2.34. The lowest BCUT2D eigenvalue weighted by molar-refractivity contribution is -0.125. The van der Waals surface area contributed by atoms with Crippen molar-refractivity contribution in [3.63, 3.8) is 0 Å². The number of aromatic nitrogens is 1. The van der Waals surface area contributed by atoms with Crippen molar-refractivity contribution in [2.45, 2.75) is 31.8 Å². The van der Waals surface area contributed by atoms with Gasteiger partial charge in [0.1, 0.15) is 12.2 Å². The molecule has 6 nitrogen and oxygen atoms in total. The van der Waals surface area contributed by atoms with E-state index in [2.05, 4.69) is 5.32 Å². The fourth-order valence-corrected chi connectivity index (χ4v) is 2.31. The molecule has 1 aliphatic heterocycles. The minimum absolute atomic E-state index is 0.00419. The Bertz CT molecular complexity index is 475. The zero-order chi connectivity index (χ0) is 13.9. The van der Waals surface area contributed by atoms with E-state index in [9.17, 15) is 9.59 Å². The Morgan fingerprint density at radius 3 is 3.00 bits per heavy atom. The summed E-state index contributed by atoms with van der Waals surface area (Å²) in [6, 6.07) is 3.09. The largest absolute Gasteiger partial charge is 0.477 e. The standard InChI is InChI=1S/C13H18N2O4/c1-13(5-3-7-19-9-13)14-11(16)8-15-6-2-4-10(15)12(17)18/h2,4,6H,3,5,7-9H2,1H3,(H,14,16)(H,17,18). The molecule has 1 aromatic rings. The summed E-state index contributed by atoms with van der Waals surface area (Å²) >= 11 is 0. The number of carbonyl (C=O) groups excluding carboxylic acids is 1. The van der Waals surface area contributed by atoms with E-state index in [1.54, 1.807) is 12.3 Å². The van der Waals surface area contributed by atoms with Crippen molar-refractivity contribution in [2.24, 2.45) is 0 Å². The number of aromatic carboxylic acids is 1. The van der Waals surface area contributed by atoms with Gasteiger partial charge in [-0.15, -0.1) is 0 Å². The normalized spacial score (nSPS) is 23.0. The molecule has 6 heteroatoms. The SMILES string of the molecule is CC1(NC(=O)Cn2cccc2C(=O)O)CCCOC1. The summed E-state index contributed by atoms with van der Waals surface area (Å²) in [4.78, 5) is 22.9. The van der Waals surface area contributed by atoms with Crippen LogP contribution >= 0.6 is 0 Å². The lowest BCUT2D eigenvalue weighted by atomic mass is 9.95. The van der Waals surface area contributed by atoms with Crippen LogP contribution in [-0.2, 0) is 16.1 Å². The number of amides is 1. The molecular weight excluding hydrogens is 248 g/mol. The average molecular weight is 266 g/mol. The number of nitrogens with zero attached hydrogens (tertiary/aromatic N) is 1. The van der Waals surface area contributed by atoms with Crippen LogP contribution in [0, 0.1) is 0 Å². The molecule has 104 valence electrons. The molecule has 1 aromatic heterocycles. The van der Waals surface area contributed by atoms with Gasteiger partial charge in [0.15, 0.2) is 0 Å². The first-order chi connectivity index (χ1) is 9.00. The maximum atomic E-state index is 12.0. The van der Waals surface area contributed by atoms with Gasteiger partial charge >= 0.3 is 5.97 Å². The van der Waals surface area contributed by atoms with Crippen LogP contribution in [0.15, 0.2) is 18.3 Å². The van der Waals surface area contributed by atoms with Gasteiger partial charge in [-0.05, 0) is 31.9 Å². The Morgan fingerprint density at radius 2 is 2.37 bits per heavy atom. The van der Waals surface area contributed by atoms with Crippen molar-refractivity contribution in [3.8, 4) is 0 Å². The molecule has 1 atom stereocenters. The number of hydrogen-bond donors (Lipinski definition) is 2. The molecule has 2 heterocycles. The Morgan fingerprint density at radius 1 is 1.58 bits per heavy atom. The summed E-state index contributed by atoms with van der Waals surface area (Å²) in [6.45, 7) is 3.17. The summed E-state index contributed by atoms with van der Waals surface area (Å²) in [5.41, 5.74) is -0.244. The maximum absolute atomic E-state index is 12.0. The summed E-state index contributed by atoms with van der Waals surface area (Å²) in [7, 11) is 0. The van der Waals surface area contributed by atoms with Crippen molar-refractivity contribution < 1.29 is 19.4 Å². The van der Waals surface area contributed by atoms with Gasteiger partial charge in [0.2, 0.25) is 5.91 Å². The lowest BCUT2D eigenvalue weighted by Crippen LogP contribution is -2.52. The van der Waals surface area contributed by atoms with Crippen LogP contribution in [0.4, 0.5) is 0 Å². The zero-order valence-electron chi connectivity index (χ0n) is 10.9. The summed E-state index contributed by atoms with van der Waals surface area (Å²) in [5, 5.41) is 11.9. The Hall–Kier alpha value is -1.82. The van der Waals surface area contributed by atoms with Gasteiger partial charge in [-0.2, -0.15) is 0 Å². The van der Waals surface area contributed by atoms with Gasteiger partial charge in [-0.1, -0.05) is 0 Å². The number of carboxylic acid groups (broad SMARTS) is 1. The highest BCUT2D eigenvalue weighted by Gasteiger charge is 2.29. The van der Waals surface area contributed by atoms with E-state index in [4.69, 9.17) is 9.84 Å². The molecule has 2 rings (SSSR count). The Balaban J connectivity index is 1.97. The molecule has 0 saturated carbocycles. The predicted molar refractivity (Wildman–Crippen MR) is 68.0 cm³/mol.